The van der Waals surface area contributed by atoms with Gasteiger partial charge in [0.15, 0.2) is 0 Å². The van der Waals surface area contributed by atoms with Crippen LogP contribution in [0.15, 0.2) is 54.6 Å². The van der Waals surface area contributed by atoms with E-state index in [2.05, 4.69) is 47.0 Å². The SMILES string of the molecule is NCCCc1nc2ccccc2n1Cc1ccccc1. The van der Waals surface area contributed by atoms with E-state index in [4.69, 9.17) is 10.7 Å². The average molecular weight is 265 g/mol. The predicted octanol–water partition coefficient (Wildman–Crippen LogP) is 2.98. The van der Waals surface area contributed by atoms with E-state index >= 15 is 0 Å². The normalized spacial score (nSPS) is 11.1. The fourth-order valence-corrected chi connectivity index (χ4v) is 2.52. The lowest BCUT2D eigenvalue weighted by Crippen LogP contribution is -2.08. The van der Waals surface area contributed by atoms with Gasteiger partial charge in [-0.3, -0.25) is 0 Å². The van der Waals surface area contributed by atoms with Crippen LogP contribution in [0, 0.1) is 0 Å². The summed E-state index contributed by atoms with van der Waals surface area (Å²) in [6.45, 7) is 1.57. The van der Waals surface area contributed by atoms with Gasteiger partial charge in [-0.15, -0.1) is 0 Å². The van der Waals surface area contributed by atoms with Gasteiger partial charge in [0, 0.05) is 13.0 Å². The van der Waals surface area contributed by atoms with E-state index in [0.29, 0.717) is 6.54 Å². The summed E-state index contributed by atoms with van der Waals surface area (Å²) in [5.41, 5.74) is 9.19. The van der Waals surface area contributed by atoms with Crippen molar-refractivity contribution in [3.63, 3.8) is 0 Å². The van der Waals surface area contributed by atoms with Gasteiger partial charge in [-0.2, -0.15) is 0 Å². The Morgan fingerprint density at radius 3 is 2.50 bits per heavy atom. The van der Waals surface area contributed by atoms with Gasteiger partial charge in [0.05, 0.1) is 11.0 Å². The zero-order valence-corrected chi connectivity index (χ0v) is 11.5. The van der Waals surface area contributed by atoms with E-state index in [1.54, 1.807) is 0 Å². The number of aromatic nitrogens is 2. The minimum Gasteiger partial charge on any atom is -0.330 e. The van der Waals surface area contributed by atoms with Crippen LogP contribution >= 0.6 is 0 Å². The Morgan fingerprint density at radius 2 is 1.70 bits per heavy atom. The van der Waals surface area contributed by atoms with Gasteiger partial charge < -0.3 is 10.3 Å². The van der Waals surface area contributed by atoms with E-state index in [9.17, 15) is 0 Å². The van der Waals surface area contributed by atoms with Crippen LogP contribution in [0.1, 0.15) is 17.8 Å². The second kappa shape index (κ2) is 5.88. The number of imidazole rings is 1. The van der Waals surface area contributed by atoms with Crippen molar-refractivity contribution in [2.45, 2.75) is 19.4 Å². The molecule has 0 spiro atoms. The lowest BCUT2D eigenvalue weighted by Gasteiger charge is -2.09. The third-order valence-electron chi connectivity index (χ3n) is 3.52. The lowest BCUT2D eigenvalue weighted by molar-refractivity contribution is 0.703. The summed E-state index contributed by atoms with van der Waals surface area (Å²) in [6, 6.07) is 18.8. The molecule has 0 atom stereocenters. The molecule has 102 valence electrons. The van der Waals surface area contributed by atoms with Crippen molar-refractivity contribution in [1.82, 2.24) is 9.55 Å². The molecule has 0 fully saturated rings. The Hall–Kier alpha value is -2.13. The number of aryl methyl sites for hydroxylation is 1. The zero-order valence-electron chi connectivity index (χ0n) is 11.5. The van der Waals surface area contributed by atoms with Crippen LogP contribution in [0.3, 0.4) is 0 Å². The topological polar surface area (TPSA) is 43.8 Å². The summed E-state index contributed by atoms with van der Waals surface area (Å²) < 4.78 is 2.31. The summed E-state index contributed by atoms with van der Waals surface area (Å²) in [6.07, 6.45) is 1.90. The van der Waals surface area contributed by atoms with Crippen molar-refractivity contribution in [2.75, 3.05) is 6.54 Å². The molecule has 0 aliphatic rings. The number of fused-ring (bicyclic) bond motifs is 1. The maximum atomic E-state index is 5.64. The molecule has 3 heteroatoms. The first kappa shape index (κ1) is 12.9. The summed E-state index contributed by atoms with van der Waals surface area (Å²) in [5, 5.41) is 0. The molecule has 0 bridgehead atoms. The highest BCUT2D eigenvalue weighted by Gasteiger charge is 2.10. The van der Waals surface area contributed by atoms with Crippen LogP contribution in [0.2, 0.25) is 0 Å². The zero-order chi connectivity index (χ0) is 13.8. The highest BCUT2D eigenvalue weighted by molar-refractivity contribution is 5.76. The molecule has 0 aliphatic carbocycles. The quantitative estimate of drug-likeness (QED) is 0.770. The Kier molecular flexibility index (Phi) is 3.79. The highest BCUT2D eigenvalue weighted by Crippen LogP contribution is 2.18. The molecular formula is C17H19N3. The van der Waals surface area contributed by atoms with Crippen molar-refractivity contribution in [1.29, 1.82) is 0 Å². The highest BCUT2D eigenvalue weighted by atomic mass is 15.1. The molecule has 2 aromatic carbocycles. The Labute approximate surface area is 119 Å². The van der Waals surface area contributed by atoms with Gasteiger partial charge in [-0.05, 0) is 30.7 Å². The number of para-hydroxylation sites is 2. The maximum Gasteiger partial charge on any atom is 0.110 e. The van der Waals surface area contributed by atoms with Gasteiger partial charge >= 0.3 is 0 Å². The van der Waals surface area contributed by atoms with Crippen LogP contribution in [-0.4, -0.2) is 16.1 Å². The number of rotatable bonds is 5. The Morgan fingerprint density at radius 1 is 0.950 bits per heavy atom. The van der Waals surface area contributed by atoms with Crippen LogP contribution < -0.4 is 5.73 Å². The molecule has 2 N–H and O–H groups in total. The third kappa shape index (κ3) is 2.58. The van der Waals surface area contributed by atoms with E-state index in [1.165, 1.54) is 11.1 Å². The monoisotopic (exact) mass is 265 g/mol. The third-order valence-corrected chi connectivity index (χ3v) is 3.52. The maximum absolute atomic E-state index is 5.64. The van der Waals surface area contributed by atoms with Crippen LogP contribution in [0.4, 0.5) is 0 Å². The number of nitrogens with two attached hydrogens (primary N) is 1. The molecule has 3 rings (SSSR count). The number of nitrogens with zero attached hydrogens (tertiary/aromatic N) is 2. The lowest BCUT2D eigenvalue weighted by atomic mass is 10.2. The minimum atomic E-state index is 0.703. The van der Waals surface area contributed by atoms with E-state index in [0.717, 1.165) is 30.7 Å². The van der Waals surface area contributed by atoms with Gasteiger partial charge in [-0.1, -0.05) is 42.5 Å². The van der Waals surface area contributed by atoms with Gasteiger partial charge in [-0.25, -0.2) is 4.98 Å². The summed E-state index contributed by atoms with van der Waals surface area (Å²) in [5.74, 6) is 1.13. The fraction of sp³-hybridized carbons (Fsp3) is 0.235. The van der Waals surface area contributed by atoms with Crippen molar-refractivity contribution < 1.29 is 0 Å². The molecule has 3 aromatic rings. The van der Waals surface area contributed by atoms with Crippen LogP contribution in [0.25, 0.3) is 11.0 Å². The summed E-state index contributed by atoms with van der Waals surface area (Å²) in [7, 11) is 0. The molecule has 0 radical (unpaired) electrons. The number of hydrogen-bond acceptors (Lipinski definition) is 2. The van der Waals surface area contributed by atoms with Crippen molar-refractivity contribution in [3.05, 3.63) is 66.0 Å². The molecule has 0 saturated heterocycles. The van der Waals surface area contributed by atoms with E-state index in [1.807, 2.05) is 12.1 Å². The smallest absolute Gasteiger partial charge is 0.110 e. The van der Waals surface area contributed by atoms with Crippen molar-refractivity contribution in [3.8, 4) is 0 Å². The van der Waals surface area contributed by atoms with Crippen LogP contribution in [-0.2, 0) is 13.0 Å². The second-order valence-electron chi connectivity index (χ2n) is 4.98. The molecule has 20 heavy (non-hydrogen) atoms. The largest absolute Gasteiger partial charge is 0.330 e. The molecule has 3 nitrogen and oxygen atoms in total. The Balaban J connectivity index is 2.01. The Bertz CT molecular complexity index is 686. The van der Waals surface area contributed by atoms with E-state index in [-0.39, 0.29) is 0 Å². The number of hydrogen-bond donors (Lipinski definition) is 1. The first-order valence-electron chi connectivity index (χ1n) is 7.06. The fourth-order valence-electron chi connectivity index (χ4n) is 2.52. The molecule has 1 aromatic heterocycles. The minimum absolute atomic E-state index is 0.703. The first-order valence-corrected chi connectivity index (χ1v) is 7.06. The summed E-state index contributed by atoms with van der Waals surface area (Å²) in [4.78, 5) is 4.75. The molecule has 0 amide bonds. The molecule has 0 saturated carbocycles. The van der Waals surface area contributed by atoms with Gasteiger partial charge in [0.25, 0.3) is 0 Å². The second-order valence-corrected chi connectivity index (χ2v) is 4.98. The van der Waals surface area contributed by atoms with Gasteiger partial charge in [0.2, 0.25) is 0 Å². The van der Waals surface area contributed by atoms with Crippen molar-refractivity contribution >= 4 is 11.0 Å². The predicted molar refractivity (Wildman–Crippen MR) is 82.7 cm³/mol. The first-order chi connectivity index (χ1) is 9.88. The number of benzene rings is 2. The molecule has 0 unspecified atom stereocenters. The molecule has 0 aliphatic heterocycles. The molecule has 1 heterocycles. The van der Waals surface area contributed by atoms with Crippen LogP contribution in [0.5, 0.6) is 0 Å². The van der Waals surface area contributed by atoms with E-state index < -0.39 is 0 Å². The standard InChI is InChI=1S/C17H19N3/c18-12-6-11-17-19-15-9-4-5-10-16(15)20(17)13-14-7-2-1-3-8-14/h1-5,7-10H,6,11-13,18H2. The molecular weight excluding hydrogens is 246 g/mol. The average Bonchev–Trinajstić information content (AvgIpc) is 2.84. The summed E-state index contributed by atoms with van der Waals surface area (Å²) >= 11 is 0. The van der Waals surface area contributed by atoms with Gasteiger partial charge in [0.1, 0.15) is 5.82 Å². The van der Waals surface area contributed by atoms with Crippen molar-refractivity contribution in [2.24, 2.45) is 5.73 Å².